The van der Waals surface area contributed by atoms with Gasteiger partial charge in [0.2, 0.25) is 0 Å². The fourth-order valence-corrected chi connectivity index (χ4v) is 1.99. The predicted molar refractivity (Wildman–Crippen MR) is 46.7 cm³/mol. The van der Waals surface area contributed by atoms with E-state index in [0.29, 0.717) is 6.42 Å². The third-order valence-corrected chi connectivity index (χ3v) is 2.96. The first kappa shape index (κ1) is 11.4. The molecular weight excluding hydrogens is 212 g/mol. The van der Waals surface area contributed by atoms with E-state index in [4.69, 9.17) is 15.0 Å². The number of ether oxygens (including phenoxy) is 1. The van der Waals surface area contributed by atoms with Crippen molar-refractivity contribution in [3.05, 3.63) is 0 Å². The number of carboxylic acid groups (broad SMARTS) is 1. The van der Waals surface area contributed by atoms with Gasteiger partial charge in [0.05, 0.1) is 6.10 Å². The number of aliphatic carboxylic acids is 1. The number of carboxylic acids is 1. The van der Waals surface area contributed by atoms with E-state index in [0.717, 1.165) is 4.31 Å². The van der Waals surface area contributed by atoms with Gasteiger partial charge in [-0.2, -0.15) is 12.7 Å². The molecular formula is C6H12N2O5S. The van der Waals surface area contributed by atoms with Crippen molar-refractivity contribution in [1.82, 2.24) is 4.31 Å². The molecule has 1 atom stereocenters. The summed E-state index contributed by atoms with van der Waals surface area (Å²) in [6.45, 7) is -0.00163. The second kappa shape index (κ2) is 4.22. The molecule has 0 radical (unpaired) electrons. The van der Waals surface area contributed by atoms with Crippen molar-refractivity contribution >= 4 is 16.2 Å². The lowest BCUT2D eigenvalue weighted by atomic mass is 10.3. The number of hydrogen-bond acceptors (Lipinski definition) is 4. The lowest BCUT2D eigenvalue weighted by Crippen LogP contribution is -2.35. The second-order valence-corrected chi connectivity index (χ2v) is 4.56. The molecule has 8 heteroatoms. The standard InChI is InChI=1S/C6H12N2O5S/c7-14(11,12)8-2-1-5(3-8)13-4-6(9)10/h5H,1-4H2,(H,9,10)(H2,7,11,12). The summed E-state index contributed by atoms with van der Waals surface area (Å²) >= 11 is 0. The molecule has 3 N–H and O–H groups in total. The van der Waals surface area contributed by atoms with Crippen molar-refractivity contribution in [2.45, 2.75) is 12.5 Å². The van der Waals surface area contributed by atoms with Gasteiger partial charge in [0.15, 0.2) is 0 Å². The molecule has 0 aromatic heterocycles. The smallest absolute Gasteiger partial charge is 0.329 e. The highest BCUT2D eigenvalue weighted by atomic mass is 32.2. The van der Waals surface area contributed by atoms with Gasteiger partial charge < -0.3 is 9.84 Å². The maximum Gasteiger partial charge on any atom is 0.329 e. The van der Waals surface area contributed by atoms with E-state index < -0.39 is 22.8 Å². The molecule has 1 saturated heterocycles. The Labute approximate surface area is 81.6 Å². The molecule has 1 aliphatic rings. The third kappa shape index (κ3) is 3.22. The van der Waals surface area contributed by atoms with E-state index >= 15 is 0 Å². The minimum Gasteiger partial charge on any atom is -0.480 e. The largest absolute Gasteiger partial charge is 0.480 e. The molecule has 14 heavy (non-hydrogen) atoms. The van der Waals surface area contributed by atoms with Crippen LogP contribution in [0, 0.1) is 0 Å². The van der Waals surface area contributed by atoms with E-state index in [1.165, 1.54) is 0 Å². The summed E-state index contributed by atoms with van der Waals surface area (Å²) in [5.74, 6) is -1.07. The quantitative estimate of drug-likeness (QED) is 0.595. The summed E-state index contributed by atoms with van der Waals surface area (Å²) in [7, 11) is -3.67. The molecule has 0 amide bonds. The lowest BCUT2D eigenvalue weighted by Gasteiger charge is -2.12. The van der Waals surface area contributed by atoms with Crippen molar-refractivity contribution < 1.29 is 23.1 Å². The van der Waals surface area contributed by atoms with Crippen LogP contribution in [0.15, 0.2) is 0 Å². The molecule has 7 nitrogen and oxygen atoms in total. The Kier molecular flexibility index (Phi) is 3.43. The zero-order valence-electron chi connectivity index (χ0n) is 7.42. The van der Waals surface area contributed by atoms with Crippen LogP contribution in [0.25, 0.3) is 0 Å². The van der Waals surface area contributed by atoms with E-state index in [2.05, 4.69) is 0 Å². The van der Waals surface area contributed by atoms with Gasteiger partial charge in [0.1, 0.15) is 6.61 Å². The Bertz CT molecular complexity index is 314. The monoisotopic (exact) mass is 224 g/mol. The van der Waals surface area contributed by atoms with Gasteiger partial charge >= 0.3 is 5.97 Å². The molecule has 1 fully saturated rings. The van der Waals surface area contributed by atoms with Gasteiger partial charge in [0, 0.05) is 13.1 Å². The molecule has 0 aromatic rings. The summed E-state index contributed by atoms with van der Waals surface area (Å²) in [5.41, 5.74) is 0. The number of carbonyl (C=O) groups is 1. The molecule has 1 heterocycles. The molecule has 0 spiro atoms. The zero-order chi connectivity index (χ0) is 10.8. The minimum atomic E-state index is -3.67. The highest BCUT2D eigenvalue weighted by Gasteiger charge is 2.29. The van der Waals surface area contributed by atoms with Crippen molar-refractivity contribution in [1.29, 1.82) is 0 Å². The third-order valence-electron chi connectivity index (χ3n) is 1.91. The van der Waals surface area contributed by atoms with Crippen LogP contribution in [0.1, 0.15) is 6.42 Å². The SMILES string of the molecule is NS(=O)(=O)N1CCC(OCC(=O)O)C1. The lowest BCUT2D eigenvalue weighted by molar-refractivity contribution is -0.144. The zero-order valence-corrected chi connectivity index (χ0v) is 8.24. The number of nitrogens with zero attached hydrogens (tertiary/aromatic N) is 1. The van der Waals surface area contributed by atoms with Crippen molar-refractivity contribution in [3.8, 4) is 0 Å². The molecule has 1 rings (SSSR count). The first-order valence-corrected chi connectivity index (χ1v) is 5.51. The van der Waals surface area contributed by atoms with Crippen LogP contribution in [0.4, 0.5) is 0 Å². The van der Waals surface area contributed by atoms with Crippen molar-refractivity contribution in [2.75, 3.05) is 19.7 Å². The van der Waals surface area contributed by atoms with E-state index in [-0.39, 0.29) is 19.2 Å². The van der Waals surface area contributed by atoms with Crippen molar-refractivity contribution in [2.24, 2.45) is 5.14 Å². The average molecular weight is 224 g/mol. The molecule has 0 bridgehead atoms. The Morgan fingerprint density at radius 2 is 2.29 bits per heavy atom. The minimum absolute atomic E-state index is 0.131. The summed E-state index contributed by atoms with van der Waals surface area (Å²) in [6, 6.07) is 0. The fourth-order valence-electron chi connectivity index (χ4n) is 1.25. The Balaban J connectivity index is 2.38. The molecule has 0 saturated carbocycles. The number of rotatable bonds is 4. The van der Waals surface area contributed by atoms with Crippen molar-refractivity contribution in [3.63, 3.8) is 0 Å². The normalized spacial score (nSPS) is 23.9. The van der Waals surface area contributed by atoms with Crippen LogP contribution in [0.3, 0.4) is 0 Å². The molecule has 1 unspecified atom stereocenters. The topological polar surface area (TPSA) is 110 Å². The Hall–Kier alpha value is -0.700. The summed E-state index contributed by atoms with van der Waals surface area (Å²) < 4.78 is 27.7. The molecule has 82 valence electrons. The second-order valence-electron chi connectivity index (χ2n) is 3.02. The van der Waals surface area contributed by atoms with Crippen LogP contribution < -0.4 is 5.14 Å². The Morgan fingerprint density at radius 3 is 2.71 bits per heavy atom. The maximum atomic E-state index is 10.8. The average Bonchev–Trinajstić information content (AvgIpc) is 2.47. The number of hydrogen-bond donors (Lipinski definition) is 2. The van der Waals surface area contributed by atoms with Crippen LogP contribution in [0.2, 0.25) is 0 Å². The molecule has 1 aliphatic heterocycles. The van der Waals surface area contributed by atoms with Gasteiger partial charge in [-0.05, 0) is 6.42 Å². The first-order valence-electron chi connectivity index (χ1n) is 4.01. The summed E-state index contributed by atoms with van der Waals surface area (Å²) in [5, 5.41) is 13.2. The van der Waals surface area contributed by atoms with Gasteiger partial charge in [-0.1, -0.05) is 0 Å². The maximum absolute atomic E-state index is 10.8. The van der Waals surface area contributed by atoms with Gasteiger partial charge in [0.25, 0.3) is 10.2 Å². The van der Waals surface area contributed by atoms with Crippen LogP contribution >= 0.6 is 0 Å². The van der Waals surface area contributed by atoms with Crippen LogP contribution in [-0.4, -0.2) is 49.6 Å². The van der Waals surface area contributed by atoms with E-state index in [1.54, 1.807) is 0 Å². The highest BCUT2D eigenvalue weighted by molar-refractivity contribution is 7.86. The van der Waals surface area contributed by atoms with E-state index in [1.807, 2.05) is 0 Å². The predicted octanol–water partition coefficient (Wildman–Crippen LogP) is -1.63. The fraction of sp³-hybridized carbons (Fsp3) is 0.833. The van der Waals surface area contributed by atoms with Crippen LogP contribution in [-0.2, 0) is 19.7 Å². The van der Waals surface area contributed by atoms with Crippen LogP contribution in [0.5, 0.6) is 0 Å². The highest BCUT2D eigenvalue weighted by Crippen LogP contribution is 2.14. The summed E-state index contributed by atoms with van der Waals surface area (Å²) in [6.07, 6.45) is 0.105. The van der Waals surface area contributed by atoms with Gasteiger partial charge in [-0.15, -0.1) is 0 Å². The number of nitrogens with two attached hydrogens (primary N) is 1. The van der Waals surface area contributed by atoms with Gasteiger partial charge in [-0.25, -0.2) is 9.93 Å². The van der Waals surface area contributed by atoms with E-state index in [9.17, 15) is 13.2 Å². The Morgan fingerprint density at radius 1 is 1.64 bits per heavy atom. The molecule has 0 aromatic carbocycles. The van der Waals surface area contributed by atoms with Gasteiger partial charge in [-0.3, -0.25) is 0 Å². The first-order chi connectivity index (χ1) is 6.39. The molecule has 0 aliphatic carbocycles. The summed E-state index contributed by atoms with van der Waals surface area (Å²) in [4.78, 5) is 10.2.